The van der Waals surface area contributed by atoms with Crippen LogP contribution in [0.4, 0.5) is 4.39 Å². The number of benzene rings is 2. The van der Waals surface area contributed by atoms with E-state index in [2.05, 4.69) is 5.32 Å². The first kappa shape index (κ1) is 17.0. The fraction of sp³-hybridized carbons (Fsp3) is 0.278. The lowest BCUT2D eigenvalue weighted by molar-refractivity contribution is -0.122. The fourth-order valence-electron chi connectivity index (χ4n) is 2.05. The second kappa shape index (κ2) is 7.74. The van der Waals surface area contributed by atoms with E-state index in [1.807, 2.05) is 30.3 Å². The number of ether oxygens (including phenoxy) is 1. The maximum absolute atomic E-state index is 12.7. The smallest absolute Gasteiger partial charge is 0.223 e. The Morgan fingerprint density at radius 3 is 2.48 bits per heavy atom. The quantitative estimate of drug-likeness (QED) is 0.825. The molecule has 0 saturated carbocycles. The standard InChI is InChI=1S/C18H20FNO3/c1-18(22,14-5-3-2-4-6-14)13-20-17(21)11-12-23-16-9-7-15(19)8-10-16/h2-10,22H,11-13H2,1H3,(H,20,21). The number of rotatable bonds is 7. The van der Waals surface area contributed by atoms with Gasteiger partial charge in [-0.3, -0.25) is 4.79 Å². The maximum Gasteiger partial charge on any atom is 0.223 e. The van der Waals surface area contributed by atoms with E-state index in [-0.39, 0.29) is 31.3 Å². The molecule has 122 valence electrons. The van der Waals surface area contributed by atoms with E-state index in [0.717, 1.165) is 5.56 Å². The molecule has 0 aromatic heterocycles. The SMILES string of the molecule is CC(O)(CNC(=O)CCOc1ccc(F)cc1)c1ccccc1. The Kier molecular flexibility index (Phi) is 5.71. The zero-order valence-electron chi connectivity index (χ0n) is 13.0. The van der Waals surface area contributed by atoms with E-state index in [9.17, 15) is 14.3 Å². The first-order valence-electron chi connectivity index (χ1n) is 7.40. The summed E-state index contributed by atoms with van der Waals surface area (Å²) >= 11 is 0. The molecule has 0 aliphatic rings. The summed E-state index contributed by atoms with van der Waals surface area (Å²) in [6.07, 6.45) is 0.155. The molecule has 0 radical (unpaired) electrons. The van der Waals surface area contributed by atoms with E-state index >= 15 is 0 Å². The summed E-state index contributed by atoms with van der Waals surface area (Å²) < 4.78 is 18.1. The van der Waals surface area contributed by atoms with E-state index in [1.165, 1.54) is 24.3 Å². The minimum absolute atomic E-state index is 0.117. The van der Waals surface area contributed by atoms with Gasteiger partial charge < -0.3 is 15.2 Å². The lowest BCUT2D eigenvalue weighted by Gasteiger charge is -2.24. The Bertz CT molecular complexity index is 626. The van der Waals surface area contributed by atoms with Gasteiger partial charge in [0.1, 0.15) is 17.2 Å². The van der Waals surface area contributed by atoms with Crippen molar-refractivity contribution in [2.45, 2.75) is 18.9 Å². The molecule has 23 heavy (non-hydrogen) atoms. The van der Waals surface area contributed by atoms with Crippen molar-refractivity contribution in [2.75, 3.05) is 13.2 Å². The van der Waals surface area contributed by atoms with Crippen LogP contribution in [-0.4, -0.2) is 24.2 Å². The third-order valence-corrected chi connectivity index (χ3v) is 3.44. The monoisotopic (exact) mass is 317 g/mol. The third kappa shape index (κ3) is 5.38. The van der Waals surface area contributed by atoms with Crippen LogP contribution in [0.15, 0.2) is 54.6 Å². The van der Waals surface area contributed by atoms with E-state index < -0.39 is 5.60 Å². The molecule has 1 atom stereocenters. The average molecular weight is 317 g/mol. The molecule has 0 spiro atoms. The molecular weight excluding hydrogens is 297 g/mol. The predicted octanol–water partition coefficient (Wildman–Crippen LogP) is 2.62. The summed E-state index contributed by atoms with van der Waals surface area (Å²) in [5.74, 6) is -0.0444. The normalized spacial score (nSPS) is 13.2. The minimum atomic E-state index is -1.13. The molecule has 0 fully saturated rings. The van der Waals surface area contributed by atoms with Crippen LogP contribution in [0.2, 0.25) is 0 Å². The van der Waals surface area contributed by atoms with Crippen molar-refractivity contribution in [3.05, 3.63) is 66.0 Å². The molecule has 2 aromatic carbocycles. The topological polar surface area (TPSA) is 58.6 Å². The van der Waals surface area contributed by atoms with Crippen LogP contribution in [0.3, 0.4) is 0 Å². The van der Waals surface area contributed by atoms with Crippen molar-refractivity contribution < 1.29 is 19.0 Å². The van der Waals surface area contributed by atoms with Crippen molar-refractivity contribution >= 4 is 5.91 Å². The molecule has 2 N–H and O–H groups in total. The predicted molar refractivity (Wildman–Crippen MR) is 85.5 cm³/mol. The first-order valence-corrected chi connectivity index (χ1v) is 7.40. The number of hydrogen-bond donors (Lipinski definition) is 2. The number of amides is 1. The highest BCUT2D eigenvalue weighted by Crippen LogP contribution is 2.18. The lowest BCUT2D eigenvalue weighted by atomic mass is 9.96. The zero-order chi connectivity index (χ0) is 16.7. The molecule has 4 nitrogen and oxygen atoms in total. The van der Waals surface area contributed by atoms with Gasteiger partial charge in [0.25, 0.3) is 0 Å². The summed E-state index contributed by atoms with van der Waals surface area (Å²) in [6, 6.07) is 14.8. The van der Waals surface area contributed by atoms with Crippen LogP contribution in [0.1, 0.15) is 18.9 Å². The number of hydrogen-bond acceptors (Lipinski definition) is 3. The van der Waals surface area contributed by atoms with E-state index in [4.69, 9.17) is 4.74 Å². The van der Waals surface area contributed by atoms with Gasteiger partial charge in [-0.2, -0.15) is 0 Å². The van der Waals surface area contributed by atoms with Crippen molar-refractivity contribution in [3.8, 4) is 5.75 Å². The van der Waals surface area contributed by atoms with Crippen molar-refractivity contribution in [1.82, 2.24) is 5.32 Å². The number of aliphatic hydroxyl groups is 1. The van der Waals surface area contributed by atoms with Crippen LogP contribution in [0.25, 0.3) is 0 Å². The van der Waals surface area contributed by atoms with Crippen LogP contribution in [0.5, 0.6) is 5.75 Å². The van der Waals surface area contributed by atoms with E-state index in [1.54, 1.807) is 6.92 Å². The lowest BCUT2D eigenvalue weighted by Crippen LogP contribution is -2.39. The van der Waals surface area contributed by atoms with Gasteiger partial charge in [0.2, 0.25) is 5.91 Å². The Morgan fingerprint density at radius 2 is 1.83 bits per heavy atom. The molecule has 1 amide bonds. The van der Waals surface area contributed by atoms with Crippen LogP contribution < -0.4 is 10.1 Å². The molecular formula is C18H20FNO3. The largest absolute Gasteiger partial charge is 0.493 e. The van der Waals surface area contributed by atoms with Gasteiger partial charge >= 0.3 is 0 Å². The summed E-state index contributed by atoms with van der Waals surface area (Å²) in [7, 11) is 0. The van der Waals surface area contributed by atoms with Gasteiger partial charge in [0, 0.05) is 0 Å². The molecule has 2 aromatic rings. The zero-order valence-corrected chi connectivity index (χ0v) is 13.0. The van der Waals surface area contributed by atoms with Gasteiger partial charge in [-0.25, -0.2) is 4.39 Å². The molecule has 0 bridgehead atoms. The van der Waals surface area contributed by atoms with Crippen LogP contribution in [-0.2, 0) is 10.4 Å². The molecule has 0 heterocycles. The fourth-order valence-corrected chi connectivity index (χ4v) is 2.05. The van der Waals surface area contributed by atoms with Gasteiger partial charge in [0.05, 0.1) is 19.6 Å². The van der Waals surface area contributed by atoms with E-state index in [0.29, 0.717) is 5.75 Å². The highest BCUT2D eigenvalue weighted by atomic mass is 19.1. The van der Waals surface area contributed by atoms with Gasteiger partial charge in [0.15, 0.2) is 0 Å². The van der Waals surface area contributed by atoms with Crippen molar-refractivity contribution in [2.24, 2.45) is 0 Å². The summed E-state index contributed by atoms with van der Waals surface area (Å²) in [6.45, 7) is 1.95. The number of carbonyl (C=O) groups excluding carboxylic acids is 1. The highest BCUT2D eigenvalue weighted by molar-refractivity contribution is 5.76. The maximum atomic E-state index is 12.7. The Balaban J connectivity index is 1.73. The van der Waals surface area contributed by atoms with Crippen molar-refractivity contribution in [3.63, 3.8) is 0 Å². The number of nitrogens with one attached hydrogen (secondary N) is 1. The van der Waals surface area contributed by atoms with Gasteiger partial charge in [-0.15, -0.1) is 0 Å². The Morgan fingerprint density at radius 1 is 1.17 bits per heavy atom. The second-order valence-electron chi connectivity index (χ2n) is 5.47. The molecule has 2 rings (SSSR count). The van der Waals surface area contributed by atoms with Crippen molar-refractivity contribution in [1.29, 1.82) is 0 Å². The number of halogens is 1. The molecule has 0 aliphatic carbocycles. The molecule has 0 saturated heterocycles. The summed E-state index contributed by atoms with van der Waals surface area (Å²) in [5.41, 5.74) is -0.391. The molecule has 5 heteroatoms. The molecule has 1 unspecified atom stereocenters. The Hall–Kier alpha value is -2.40. The molecule has 0 aliphatic heterocycles. The van der Waals surface area contributed by atoms with Gasteiger partial charge in [-0.05, 0) is 36.8 Å². The minimum Gasteiger partial charge on any atom is -0.493 e. The summed E-state index contributed by atoms with van der Waals surface area (Å²) in [5, 5.41) is 13.1. The second-order valence-corrected chi connectivity index (χ2v) is 5.47. The third-order valence-electron chi connectivity index (χ3n) is 3.44. The Labute approximate surface area is 134 Å². The van der Waals surface area contributed by atoms with Crippen LogP contribution >= 0.6 is 0 Å². The van der Waals surface area contributed by atoms with Crippen LogP contribution in [0, 0.1) is 5.82 Å². The first-order chi connectivity index (χ1) is 11.0. The van der Waals surface area contributed by atoms with Gasteiger partial charge in [-0.1, -0.05) is 30.3 Å². The average Bonchev–Trinajstić information content (AvgIpc) is 2.56. The highest BCUT2D eigenvalue weighted by Gasteiger charge is 2.23. The summed E-state index contributed by atoms with van der Waals surface area (Å²) in [4.78, 5) is 11.8. The number of carbonyl (C=O) groups is 1.